The van der Waals surface area contributed by atoms with Crippen LogP contribution in [0.3, 0.4) is 0 Å². The van der Waals surface area contributed by atoms with E-state index < -0.39 is 11.6 Å². The van der Waals surface area contributed by atoms with Crippen LogP contribution in [-0.2, 0) is 17.8 Å². The molecule has 6 rings (SSSR count). The van der Waals surface area contributed by atoms with Gasteiger partial charge in [0.25, 0.3) is 0 Å². The van der Waals surface area contributed by atoms with Crippen molar-refractivity contribution in [1.82, 2.24) is 9.88 Å². The van der Waals surface area contributed by atoms with Gasteiger partial charge in [-0.25, -0.2) is 4.98 Å². The summed E-state index contributed by atoms with van der Waals surface area (Å²) in [6, 6.07) is 1.40. The lowest BCUT2D eigenvalue weighted by Gasteiger charge is -2.42. The third-order valence-corrected chi connectivity index (χ3v) is 7.07. The summed E-state index contributed by atoms with van der Waals surface area (Å²) in [7, 11) is 0. The van der Waals surface area contributed by atoms with Crippen LogP contribution in [-0.4, -0.2) is 33.3 Å². The number of nitrogens with two attached hydrogens (primary N) is 1. The first-order chi connectivity index (χ1) is 13.5. The fraction of sp³-hybridized carbons (Fsp3) is 0.524. The highest BCUT2D eigenvalue weighted by Gasteiger charge is 2.52. The first-order valence-electron chi connectivity index (χ1n) is 10.1. The first kappa shape index (κ1) is 16.6. The number of hydrogen-bond acceptors (Lipinski definition) is 6. The largest absolute Gasteiger partial charge is 0.454 e. The molecule has 2 aromatic rings. The Morgan fingerprint density at radius 1 is 1.36 bits per heavy atom. The monoisotopic (exact) mass is 381 g/mol. The van der Waals surface area contributed by atoms with E-state index in [0.29, 0.717) is 25.8 Å². The molecule has 0 spiro atoms. The van der Waals surface area contributed by atoms with Gasteiger partial charge in [0.2, 0.25) is 12.7 Å². The highest BCUT2D eigenvalue weighted by Crippen LogP contribution is 2.53. The number of ether oxygens (including phenoxy) is 2. The smallest absolute Gasteiger partial charge is 0.231 e. The van der Waals surface area contributed by atoms with E-state index in [-0.39, 0.29) is 18.7 Å². The van der Waals surface area contributed by atoms with Crippen molar-refractivity contribution < 1.29 is 19.4 Å². The van der Waals surface area contributed by atoms with E-state index in [1.165, 1.54) is 0 Å². The van der Waals surface area contributed by atoms with Crippen molar-refractivity contribution in [2.24, 2.45) is 5.73 Å². The molecule has 1 aromatic heterocycles. The van der Waals surface area contributed by atoms with Gasteiger partial charge >= 0.3 is 0 Å². The Morgan fingerprint density at radius 2 is 2.21 bits per heavy atom. The summed E-state index contributed by atoms with van der Waals surface area (Å²) < 4.78 is 11.4. The van der Waals surface area contributed by atoms with Crippen LogP contribution in [0.4, 0.5) is 0 Å². The molecule has 4 heterocycles. The average molecular weight is 381 g/mol. The third-order valence-electron chi connectivity index (χ3n) is 7.07. The number of nitrogens with zero attached hydrogens (tertiary/aromatic N) is 2. The lowest BCUT2D eigenvalue weighted by molar-refractivity contribution is -0.152. The van der Waals surface area contributed by atoms with E-state index in [1.807, 2.05) is 17.9 Å². The van der Waals surface area contributed by atoms with E-state index in [1.54, 1.807) is 0 Å². The van der Waals surface area contributed by atoms with Crippen molar-refractivity contribution in [3.05, 3.63) is 28.5 Å². The van der Waals surface area contributed by atoms with Crippen LogP contribution in [0.15, 0.2) is 6.07 Å². The number of rotatable bonds is 1. The van der Waals surface area contributed by atoms with Crippen LogP contribution in [0.25, 0.3) is 10.9 Å². The Kier molecular flexibility index (Phi) is 3.17. The zero-order valence-electron chi connectivity index (χ0n) is 15.8. The highest BCUT2D eigenvalue weighted by molar-refractivity contribution is 5.93. The number of aryl methyl sites for hydroxylation is 1. The van der Waals surface area contributed by atoms with Crippen LogP contribution in [0, 0.1) is 0 Å². The van der Waals surface area contributed by atoms with Crippen LogP contribution >= 0.6 is 0 Å². The number of hydrogen-bond donors (Lipinski definition) is 2. The van der Waals surface area contributed by atoms with Crippen molar-refractivity contribution >= 4 is 16.8 Å². The zero-order valence-corrected chi connectivity index (χ0v) is 15.8. The summed E-state index contributed by atoms with van der Waals surface area (Å²) in [6.07, 6.45) is 3.05. The quantitative estimate of drug-likeness (QED) is 0.786. The second kappa shape index (κ2) is 5.36. The van der Waals surface area contributed by atoms with E-state index in [2.05, 4.69) is 0 Å². The van der Waals surface area contributed by atoms with E-state index in [9.17, 15) is 9.90 Å². The number of piperidine rings is 1. The van der Waals surface area contributed by atoms with Gasteiger partial charge in [0.1, 0.15) is 6.04 Å². The molecule has 146 valence electrons. The maximum absolute atomic E-state index is 12.7. The predicted octanol–water partition coefficient (Wildman–Crippen LogP) is 2.23. The molecule has 3 atom stereocenters. The van der Waals surface area contributed by atoms with Crippen LogP contribution in [0.2, 0.25) is 0 Å². The van der Waals surface area contributed by atoms with Crippen molar-refractivity contribution in [2.75, 3.05) is 6.79 Å². The lowest BCUT2D eigenvalue weighted by Crippen LogP contribution is -2.50. The number of benzene rings is 1. The van der Waals surface area contributed by atoms with Gasteiger partial charge in [-0.1, -0.05) is 6.92 Å². The molecular formula is C21H23N3O4. The molecule has 3 N–H and O–H groups in total. The molecule has 1 unspecified atom stereocenters. The molecule has 28 heavy (non-hydrogen) atoms. The summed E-state index contributed by atoms with van der Waals surface area (Å²) in [4.78, 5) is 19.5. The van der Waals surface area contributed by atoms with Crippen molar-refractivity contribution in [2.45, 2.75) is 63.3 Å². The number of amides is 1. The van der Waals surface area contributed by atoms with Gasteiger partial charge in [0.05, 0.1) is 16.8 Å². The molecule has 1 aliphatic carbocycles. The van der Waals surface area contributed by atoms with Crippen LogP contribution in [0.5, 0.6) is 11.5 Å². The molecule has 4 aliphatic rings. The number of aliphatic hydroxyl groups is 1. The summed E-state index contributed by atoms with van der Waals surface area (Å²) in [6.45, 7) is 2.67. The number of carbonyl (C=O) groups is 1. The zero-order chi connectivity index (χ0) is 19.2. The van der Waals surface area contributed by atoms with Crippen molar-refractivity contribution in [3.8, 4) is 11.5 Å². The fourth-order valence-corrected chi connectivity index (χ4v) is 5.61. The Bertz CT molecular complexity index is 1050. The minimum absolute atomic E-state index is 0.0798. The number of carbonyl (C=O) groups excluding carboxylic acids is 1. The van der Waals surface area contributed by atoms with E-state index >= 15 is 0 Å². The second-order valence-electron chi connectivity index (χ2n) is 8.40. The average Bonchev–Trinajstić information content (AvgIpc) is 3.31. The molecule has 0 bridgehead atoms. The normalized spacial score (nSPS) is 30.0. The van der Waals surface area contributed by atoms with Gasteiger partial charge in [-0.3, -0.25) is 4.79 Å². The minimum atomic E-state index is -0.954. The van der Waals surface area contributed by atoms with E-state index in [4.69, 9.17) is 20.2 Å². The number of aromatic nitrogens is 1. The molecule has 0 radical (unpaired) electrons. The minimum Gasteiger partial charge on any atom is -0.454 e. The van der Waals surface area contributed by atoms with Gasteiger partial charge in [-0.05, 0) is 31.2 Å². The third kappa shape index (κ3) is 1.91. The molecule has 1 amide bonds. The van der Waals surface area contributed by atoms with Gasteiger partial charge in [0.15, 0.2) is 11.5 Å². The van der Waals surface area contributed by atoms with E-state index in [0.717, 1.165) is 57.6 Å². The van der Waals surface area contributed by atoms with Crippen molar-refractivity contribution in [3.63, 3.8) is 0 Å². The Balaban J connectivity index is 1.67. The van der Waals surface area contributed by atoms with Gasteiger partial charge in [-0.2, -0.15) is 0 Å². The predicted molar refractivity (Wildman–Crippen MR) is 101 cm³/mol. The maximum atomic E-state index is 12.7. The molecule has 1 fully saturated rings. The van der Waals surface area contributed by atoms with Gasteiger partial charge in [0, 0.05) is 41.6 Å². The highest BCUT2D eigenvalue weighted by atomic mass is 16.7. The topological polar surface area (TPSA) is 97.9 Å². The Morgan fingerprint density at radius 3 is 3.04 bits per heavy atom. The fourth-order valence-electron chi connectivity index (χ4n) is 5.61. The molecule has 7 nitrogen and oxygen atoms in total. The molecule has 1 saturated heterocycles. The molecule has 3 aliphatic heterocycles. The van der Waals surface area contributed by atoms with Crippen LogP contribution in [0.1, 0.15) is 67.1 Å². The summed E-state index contributed by atoms with van der Waals surface area (Å²) >= 11 is 0. The SMILES string of the molecule is CC[C@@]1(O)CCC(=O)N2Cc3c(nc4cc5c(c6c4c3[C@@H](N)CC6)OCO5)C21. The Hall–Kier alpha value is -2.38. The molecule has 0 saturated carbocycles. The molecule has 1 aromatic carbocycles. The van der Waals surface area contributed by atoms with Crippen molar-refractivity contribution in [1.29, 1.82) is 0 Å². The summed E-state index contributed by atoms with van der Waals surface area (Å²) in [5.41, 5.74) is 10.5. The summed E-state index contributed by atoms with van der Waals surface area (Å²) in [5.74, 6) is 1.60. The van der Waals surface area contributed by atoms with Crippen LogP contribution < -0.4 is 15.2 Å². The van der Waals surface area contributed by atoms with Gasteiger partial charge in [-0.15, -0.1) is 0 Å². The summed E-state index contributed by atoms with van der Waals surface area (Å²) in [5, 5.41) is 12.4. The number of pyridine rings is 1. The first-order valence-corrected chi connectivity index (χ1v) is 10.1. The molecule has 7 heteroatoms. The lowest BCUT2D eigenvalue weighted by atomic mass is 9.79. The number of fused-ring (bicyclic) bond motifs is 6. The second-order valence-corrected chi connectivity index (χ2v) is 8.40. The Labute approximate surface area is 162 Å². The van der Waals surface area contributed by atoms with Gasteiger partial charge < -0.3 is 25.2 Å². The molecular weight excluding hydrogens is 358 g/mol. The maximum Gasteiger partial charge on any atom is 0.231 e. The standard InChI is InChI=1S/C21H23N3O4/c1-2-21(26)6-5-15(25)24-8-11-16-12(22)4-3-10-17(16)13(23-18(11)20(21)24)7-14-19(10)28-9-27-14/h7,12,20,26H,2-6,8-9,22H2,1H3/t12-,20?,21+/m0/s1.